The Bertz CT molecular complexity index is 1200. The first-order chi connectivity index (χ1) is 16.5. The van der Waals surface area contributed by atoms with Gasteiger partial charge in [0.15, 0.2) is 11.5 Å². The predicted molar refractivity (Wildman–Crippen MR) is 129 cm³/mol. The lowest BCUT2D eigenvalue weighted by atomic mass is 9.91. The van der Waals surface area contributed by atoms with Crippen molar-refractivity contribution >= 4 is 16.9 Å². The van der Waals surface area contributed by atoms with E-state index >= 15 is 0 Å². The normalized spacial score (nSPS) is 14.2. The number of carboxylic acid groups (broad SMARTS) is 1. The van der Waals surface area contributed by atoms with Gasteiger partial charge in [-0.25, -0.2) is 4.79 Å². The molecule has 0 aliphatic carbocycles. The molecule has 2 aromatic carbocycles. The van der Waals surface area contributed by atoms with E-state index in [-0.39, 0.29) is 5.56 Å². The molecular weight excluding hydrogens is 436 g/mol. The first-order valence-electron chi connectivity index (χ1n) is 11.3. The minimum atomic E-state index is -1.04. The van der Waals surface area contributed by atoms with Gasteiger partial charge in [0, 0.05) is 42.2 Å². The molecule has 0 amide bonds. The maximum absolute atomic E-state index is 12.8. The predicted octanol–water partition coefficient (Wildman–Crippen LogP) is 4.02. The average molecular weight is 467 g/mol. The van der Waals surface area contributed by atoms with E-state index in [4.69, 9.17) is 23.9 Å². The highest BCUT2D eigenvalue weighted by molar-refractivity contribution is 6.09. The zero-order chi connectivity index (χ0) is 24.2. The minimum Gasteiger partial charge on any atom is -0.496 e. The molecule has 1 saturated heterocycles. The van der Waals surface area contributed by atoms with Crippen LogP contribution in [0.5, 0.6) is 17.2 Å². The number of hydrogen-bond donors (Lipinski definition) is 1. The van der Waals surface area contributed by atoms with E-state index in [0.29, 0.717) is 77.8 Å². The summed E-state index contributed by atoms with van der Waals surface area (Å²) in [5.41, 5.74) is 3.56. The molecule has 8 heteroatoms. The standard InChI is InChI=1S/C26H30N2O6/c1-5-16-7-6-8-17(25(16)33-4)23-18-13-21(31-2)22(32-3)14-19(18)27-20(24(23)26(29)30)15-28-9-11-34-12-10-28/h6-8,13-14H,5,9-12,15H2,1-4H3,(H,29,30). The molecule has 0 unspecified atom stereocenters. The fraction of sp³-hybridized carbons (Fsp3) is 0.385. The van der Waals surface area contributed by atoms with Crippen LogP contribution in [0.2, 0.25) is 0 Å². The highest BCUT2D eigenvalue weighted by Crippen LogP contribution is 2.43. The first kappa shape index (κ1) is 23.8. The highest BCUT2D eigenvalue weighted by Gasteiger charge is 2.27. The van der Waals surface area contributed by atoms with Gasteiger partial charge < -0.3 is 24.1 Å². The molecule has 0 saturated carbocycles. The smallest absolute Gasteiger partial charge is 0.338 e. The Morgan fingerprint density at radius 3 is 2.41 bits per heavy atom. The van der Waals surface area contributed by atoms with Gasteiger partial charge in [0.1, 0.15) is 5.75 Å². The maximum atomic E-state index is 12.8. The molecule has 0 spiro atoms. The van der Waals surface area contributed by atoms with Crippen LogP contribution >= 0.6 is 0 Å². The van der Waals surface area contributed by atoms with Crippen molar-refractivity contribution in [2.75, 3.05) is 47.6 Å². The van der Waals surface area contributed by atoms with Crippen LogP contribution in [0, 0.1) is 0 Å². The van der Waals surface area contributed by atoms with Crippen molar-refractivity contribution in [3.63, 3.8) is 0 Å². The van der Waals surface area contributed by atoms with Crippen molar-refractivity contribution in [1.29, 1.82) is 0 Å². The number of morpholine rings is 1. The van der Waals surface area contributed by atoms with Gasteiger partial charge in [-0.05, 0) is 18.1 Å². The summed E-state index contributed by atoms with van der Waals surface area (Å²) in [6, 6.07) is 9.40. The number of para-hydroxylation sites is 1. The number of aryl methyl sites for hydroxylation is 1. The molecule has 1 aromatic heterocycles. The number of carbonyl (C=O) groups is 1. The summed E-state index contributed by atoms with van der Waals surface area (Å²) < 4.78 is 22.3. The molecule has 0 atom stereocenters. The molecular formula is C26H30N2O6. The minimum absolute atomic E-state index is 0.165. The van der Waals surface area contributed by atoms with E-state index in [1.54, 1.807) is 33.5 Å². The SMILES string of the molecule is CCc1cccc(-c2c(C(=O)O)c(CN3CCOCC3)nc3cc(OC)c(OC)cc23)c1OC. The van der Waals surface area contributed by atoms with Gasteiger partial charge in [0.2, 0.25) is 0 Å². The third-order valence-corrected chi connectivity index (χ3v) is 6.21. The number of rotatable bonds is 8. The molecule has 3 aromatic rings. The summed E-state index contributed by atoms with van der Waals surface area (Å²) in [5, 5.41) is 11.1. The number of ether oxygens (including phenoxy) is 4. The van der Waals surface area contributed by atoms with Crippen molar-refractivity contribution in [1.82, 2.24) is 9.88 Å². The van der Waals surface area contributed by atoms with Crippen molar-refractivity contribution in [2.24, 2.45) is 0 Å². The van der Waals surface area contributed by atoms with Gasteiger partial charge in [-0.2, -0.15) is 0 Å². The number of nitrogens with zero attached hydrogens (tertiary/aromatic N) is 2. The maximum Gasteiger partial charge on any atom is 0.338 e. The van der Waals surface area contributed by atoms with Crippen molar-refractivity contribution < 1.29 is 28.8 Å². The van der Waals surface area contributed by atoms with Crippen LogP contribution in [-0.2, 0) is 17.7 Å². The number of aromatic nitrogens is 1. The first-order valence-corrected chi connectivity index (χ1v) is 11.3. The second-order valence-electron chi connectivity index (χ2n) is 8.08. The zero-order valence-electron chi connectivity index (χ0n) is 20.0. The van der Waals surface area contributed by atoms with Gasteiger partial charge >= 0.3 is 5.97 Å². The molecule has 1 fully saturated rings. The number of pyridine rings is 1. The van der Waals surface area contributed by atoms with Crippen LogP contribution in [-0.4, -0.2) is 68.6 Å². The lowest BCUT2D eigenvalue weighted by molar-refractivity contribution is 0.0334. The van der Waals surface area contributed by atoms with E-state index < -0.39 is 5.97 Å². The Balaban J connectivity index is 2.08. The van der Waals surface area contributed by atoms with Gasteiger partial charge in [-0.3, -0.25) is 9.88 Å². The van der Waals surface area contributed by atoms with Crippen molar-refractivity contribution in [3.05, 3.63) is 47.2 Å². The van der Waals surface area contributed by atoms with Crippen LogP contribution in [0.4, 0.5) is 0 Å². The van der Waals surface area contributed by atoms with Gasteiger partial charge in [-0.15, -0.1) is 0 Å². The summed E-state index contributed by atoms with van der Waals surface area (Å²) >= 11 is 0. The molecule has 8 nitrogen and oxygen atoms in total. The molecule has 1 aliphatic rings. The van der Waals surface area contributed by atoms with Crippen LogP contribution in [0.15, 0.2) is 30.3 Å². The fourth-order valence-electron chi connectivity index (χ4n) is 4.54. The van der Waals surface area contributed by atoms with Gasteiger partial charge in [-0.1, -0.05) is 25.1 Å². The van der Waals surface area contributed by atoms with Crippen molar-refractivity contribution in [2.45, 2.75) is 19.9 Å². The molecule has 4 rings (SSSR count). The van der Waals surface area contributed by atoms with Gasteiger partial charge in [0.05, 0.1) is 51.3 Å². The largest absolute Gasteiger partial charge is 0.496 e. The Morgan fingerprint density at radius 2 is 1.79 bits per heavy atom. The Labute approximate surface area is 199 Å². The number of hydrogen-bond acceptors (Lipinski definition) is 7. The van der Waals surface area contributed by atoms with E-state index in [2.05, 4.69) is 4.90 Å². The lowest BCUT2D eigenvalue weighted by Gasteiger charge is -2.27. The van der Waals surface area contributed by atoms with E-state index in [1.807, 2.05) is 25.1 Å². The number of fused-ring (bicyclic) bond motifs is 1. The lowest BCUT2D eigenvalue weighted by Crippen LogP contribution is -2.36. The number of carboxylic acids is 1. The van der Waals surface area contributed by atoms with Crippen LogP contribution in [0.3, 0.4) is 0 Å². The monoisotopic (exact) mass is 466 g/mol. The molecule has 0 radical (unpaired) electrons. The topological polar surface area (TPSA) is 90.4 Å². The molecule has 34 heavy (non-hydrogen) atoms. The number of aromatic carboxylic acids is 1. The van der Waals surface area contributed by atoms with Crippen LogP contribution in [0.25, 0.3) is 22.0 Å². The third kappa shape index (κ3) is 4.38. The van der Waals surface area contributed by atoms with Gasteiger partial charge in [0.25, 0.3) is 0 Å². The molecule has 180 valence electrons. The zero-order valence-corrected chi connectivity index (χ0v) is 20.0. The quantitative estimate of drug-likeness (QED) is 0.532. The number of methoxy groups -OCH3 is 3. The summed E-state index contributed by atoms with van der Waals surface area (Å²) in [7, 11) is 4.73. The van der Waals surface area contributed by atoms with E-state index in [9.17, 15) is 9.90 Å². The summed E-state index contributed by atoms with van der Waals surface area (Å²) in [5.74, 6) is 0.655. The Hall–Kier alpha value is -3.36. The Kier molecular flexibility index (Phi) is 7.19. The second-order valence-corrected chi connectivity index (χ2v) is 8.08. The molecule has 1 N–H and O–H groups in total. The summed E-state index contributed by atoms with van der Waals surface area (Å²) in [6.07, 6.45) is 0.750. The Morgan fingerprint density at radius 1 is 1.09 bits per heavy atom. The van der Waals surface area contributed by atoms with Crippen molar-refractivity contribution in [3.8, 4) is 28.4 Å². The van der Waals surface area contributed by atoms with Crippen LogP contribution < -0.4 is 14.2 Å². The second kappa shape index (κ2) is 10.3. The molecule has 0 bridgehead atoms. The van der Waals surface area contributed by atoms with E-state index in [1.165, 1.54) is 0 Å². The number of benzene rings is 2. The average Bonchev–Trinajstić information content (AvgIpc) is 2.86. The fourth-order valence-corrected chi connectivity index (χ4v) is 4.54. The molecule has 1 aliphatic heterocycles. The highest BCUT2D eigenvalue weighted by atomic mass is 16.5. The summed E-state index contributed by atoms with van der Waals surface area (Å²) in [6.45, 7) is 5.10. The van der Waals surface area contributed by atoms with E-state index in [0.717, 1.165) is 12.0 Å². The molecule has 2 heterocycles. The third-order valence-electron chi connectivity index (χ3n) is 6.21. The summed E-state index contributed by atoms with van der Waals surface area (Å²) in [4.78, 5) is 19.7. The van der Waals surface area contributed by atoms with Crippen LogP contribution in [0.1, 0.15) is 28.5 Å².